The monoisotopic (exact) mass is 296 g/mol. The lowest BCUT2D eigenvalue weighted by molar-refractivity contribution is -0.144. The number of esters is 1. The molecule has 1 N–H and O–H groups in total. The minimum absolute atomic E-state index is 0.125. The summed E-state index contributed by atoms with van der Waals surface area (Å²) in [7, 11) is 0. The third kappa shape index (κ3) is 4.46. The fourth-order valence-corrected chi connectivity index (χ4v) is 2.77. The molecule has 0 saturated carbocycles. The summed E-state index contributed by atoms with van der Waals surface area (Å²) in [5.74, 6) is -0.452. The maximum Gasteiger partial charge on any atom is 0.311 e. The molecule has 0 aliphatic rings. The quantitative estimate of drug-likeness (QED) is 0.861. The van der Waals surface area contributed by atoms with Gasteiger partial charge in [0, 0.05) is 17.2 Å². The average Bonchev–Trinajstić information content (AvgIpc) is 2.97. The van der Waals surface area contributed by atoms with E-state index in [0.29, 0.717) is 10.8 Å². The fraction of sp³-hybridized carbons (Fsp3) is 0.250. The van der Waals surface area contributed by atoms with Gasteiger partial charge in [-0.25, -0.2) is 4.98 Å². The van der Waals surface area contributed by atoms with Crippen molar-refractivity contribution in [1.29, 1.82) is 0 Å². The molecule has 19 heavy (non-hydrogen) atoms. The average molecular weight is 296 g/mol. The van der Waals surface area contributed by atoms with Gasteiger partial charge in [-0.1, -0.05) is 6.07 Å². The molecule has 7 heteroatoms. The van der Waals surface area contributed by atoms with Crippen LogP contribution in [-0.4, -0.2) is 16.9 Å². The molecule has 100 valence electrons. The summed E-state index contributed by atoms with van der Waals surface area (Å²) in [6, 6.07) is 3.79. The van der Waals surface area contributed by atoms with Crippen molar-refractivity contribution < 1.29 is 14.3 Å². The third-order valence-electron chi connectivity index (χ3n) is 2.11. The van der Waals surface area contributed by atoms with Crippen molar-refractivity contribution in [3.8, 4) is 0 Å². The summed E-state index contributed by atoms with van der Waals surface area (Å²) in [6.45, 7) is 1.54. The molecule has 2 heterocycles. The van der Waals surface area contributed by atoms with Gasteiger partial charge in [-0.3, -0.25) is 9.59 Å². The molecule has 0 aliphatic heterocycles. The highest BCUT2D eigenvalue weighted by Crippen LogP contribution is 2.16. The molecule has 2 aromatic heterocycles. The Labute approximate surface area is 118 Å². The van der Waals surface area contributed by atoms with Gasteiger partial charge < -0.3 is 10.1 Å². The minimum atomic E-state index is -0.281. The smallest absolute Gasteiger partial charge is 0.311 e. The molecule has 0 unspecified atom stereocenters. The van der Waals surface area contributed by atoms with Crippen molar-refractivity contribution in [3.05, 3.63) is 33.5 Å². The van der Waals surface area contributed by atoms with E-state index in [0.717, 1.165) is 4.88 Å². The van der Waals surface area contributed by atoms with Crippen molar-refractivity contribution >= 4 is 39.7 Å². The number of hydrogen-bond acceptors (Lipinski definition) is 6. The number of thiophene rings is 1. The molecule has 5 nitrogen and oxygen atoms in total. The number of amides is 1. The molecule has 2 rings (SSSR count). The van der Waals surface area contributed by atoms with E-state index >= 15 is 0 Å². The van der Waals surface area contributed by atoms with Crippen molar-refractivity contribution in [3.63, 3.8) is 0 Å². The maximum absolute atomic E-state index is 11.6. The summed E-state index contributed by atoms with van der Waals surface area (Å²) >= 11 is 2.82. The topological polar surface area (TPSA) is 68.3 Å². The lowest BCUT2D eigenvalue weighted by Crippen LogP contribution is -2.08. The fourth-order valence-electron chi connectivity index (χ4n) is 1.34. The first kappa shape index (κ1) is 13.7. The second-order valence-electron chi connectivity index (χ2n) is 3.74. The van der Waals surface area contributed by atoms with Gasteiger partial charge in [-0.15, -0.1) is 22.7 Å². The van der Waals surface area contributed by atoms with Gasteiger partial charge >= 0.3 is 5.97 Å². The number of thiazole rings is 1. The number of hydrogen-bond donors (Lipinski definition) is 1. The first-order chi connectivity index (χ1) is 9.13. The van der Waals surface area contributed by atoms with Crippen LogP contribution in [0.1, 0.15) is 17.5 Å². The molecule has 0 aliphatic carbocycles. The summed E-state index contributed by atoms with van der Waals surface area (Å²) < 4.78 is 5.12. The molecular weight excluding hydrogens is 284 g/mol. The molecule has 2 aromatic rings. The standard InChI is InChI=1S/C12H12N2O3S2/c1-8(15)13-12-14-9(7-19-12)6-17-11(16)5-10-3-2-4-18-10/h2-4,7H,5-6H2,1H3,(H,13,14,15). The van der Waals surface area contributed by atoms with E-state index in [1.165, 1.54) is 29.6 Å². The molecule has 1 amide bonds. The van der Waals surface area contributed by atoms with Crippen LogP contribution in [0, 0.1) is 0 Å². The largest absolute Gasteiger partial charge is 0.459 e. The van der Waals surface area contributed by atoms with Gasteiger partial charge in [-0.2, -0.15) is 0 Å². The van der Waals surface area contributed by atoms with E-state index in [-0.39, 0.29) is 24.9 Å². The van der Waals surface area contributed by atoms with E-state index in [1.807, 2.05) is 17.5 Å². The Morgan fingerprint density at radius 1 is 1.42 bits per heavy atom. The Bertz CT molecular complexity index is 563. The summed E-state index contributed by atoms with van der Waals surface area (Å²) in [5, 5.41) is 6.76. The van der Waals surface area contributed by atoms with Crippen molar-refractivity contribution in [2.75, 3.05) is 5.32 Å². The predicted molar refractivity (Wildman–Crippen MR) is 74.2 cm³/mol. The number of anilines is 1. The second-order valence-corrected chi connectivity index (χ2v) is 5.63. The number of aromatic nitrogens is 1. The molecule has 0 bridgehead atoms. The Hall–Kier alpha value is -1.73. The van der Waals surface area contributed by atoms with Gasteiger partial charge in [-0.05, 0) is 11.4 Å². The van der Waals surface area contributed by atoms with E-state index in [4.69, 9.17) is 4.74 Å². The highest BCUT2D eigenvalue weighted by atomic mass is 32.1. The van der Waals surface area contributed by atoms with E-state index < -0.39 is 0 Å². The SMILES string of the molecule is CC(=O)Nc1nc(COC(=O)Cc2cccs2)cs1. The Kier molecular flexibility index (Phi) is 4.64. The van der Waals surface area contributed by atoms with Crippen LogP contribution in [0.5, 0.6) is 0 Å². The van der Waals surface area contributed by atoms with Crippen molar-refractivity contribution in [2.45, 2.75) is 20.0 Å². The van der Waals surface area contributed by atoms with Gasteiger partial charge in [0.05, 0.1) is 12.1 Å². The Balaban J connectivity index is 1.80. The zero-order chi connectivity index (χ0) is 13.7. The molecule has 0 saturated heterocycles. The zero-order valence-corrected chi connectivity index (χ0v) is 11.8. The van der Waals surface area contributed by atoms with Crippen LogP contribution in [0.3, 0.4) is 0 Å². The zero-order valence-electron chi connectivity index (χ0n) is 10.2. The van der Waals surface area contributed by atoms with Crippen LogP contribution >= 0.6 is 22.7 Å². The Morgan fingerprint density at radius 2 is 2.26 bits per heavy atom. The predicted octanol–water partition coefficient (Wildman–Crippen LogP) is 2.45. The van der Waals surface area contributed by atoms with Crippen LogP contribution in [0.15, 0.2) is 22.9 Å². The lowest BCUT2D eigenvalue weighted by Gasteiger charge is -2.01. The highest BCUT2D eigenvalue weighted by Gasteiger charge is 2.08. The first-order valence-corrected chi connectivity index (χ1v) is 7.29. The number of ether oxygens (including phenoxy) is 1. The van der Waals surface area contributed by atoms with Gasteiger partial charge in [0.25, 0.3) is 0 Å². The molecule has 0 radical (unpaired) electrons. The molecule has 0 spiro atoms. The molecule has 0 aromatic carbocycles. The number of carbonyl (C=O) groups excluding carboxylic acids is 2. The molecule has 0 atom stereocenters. The van der Waals surface area contributed by atoms with Crippen LogP contribution < -0.4 is 5.32 Å². The number of nitrogens with one attached hydrogen (secondary N) is 1. The summed E-state index contributed by atoms with van der Waals surface area (Å²) in [5.41, 5.74) is 0.633. The molecular formula is C12H12N2O3S2. The van der Waals surface area contributed by atoms with Crippen molar-refractivity contribution in [1.82, 2.24) is 4.98 Å². The van der Waals surface area contributed by atoms with Crippen LogP contribution in [0.4, 0.5) is 5.13 Å². The maximum atomic E-state index is 11.6. The summed E-state index contributed by atoms with van der Waals surface area (Å²) in [6.07, 6.45) is 0.278. The lowest BCUT2D eigenvalue weighted by atomic mass is 10.3. The normalized spacial score (nSPS) is 10.2. The van der Waals surface area contributed by atoms with Crippen LogP contribution in [0.25, 0.3) is 0 Å². The first-order valence-electron chi connectivity index (χ1n) is 5.53. The van der Waals surface area contributed by atoms with E-state index in [2.05, 4.69) is 10.3 Å². The minimum Gasteiger partial charge on any atom is -0.459 e. The van der Waals surface area contributed by atoms with Crippen LogP contribution in [-0.2, 0) is 27.4 Å². The van der Waals surface area contributed by atoms with E-state index in [1.54, 1.807) is 5.38 Å². The van der Waals surface area contributed by atoms with Gasteiger partial charge in [0.15, 0.2) is 5.13 Å². The van der Waals surface area contributed by atoms with Crippen LogP contribution in [0.2, 0.25) is 0 Å². The number of rotatable bonds is 5. The number of nitrogens with zero attached hydrogens (tertiary/aromatic N) is 1. The highest BCUT2D eigenvalue weighted by molar-refractivity contribution is 7.13. The third-order valence-corrected chi connectivity index (χ3v) is 3.80. The second kappa shape index (κ2) is 6.44. The van der Waals surface area contributed by atoms with Gasteiger partial charge in [0.2, 0.25) is 5.91 Å². The summed E-state index contributed by atoms with van der Waals surface area (Å²) in [4.78, 5) is 27.5. The number of carbonyl (C=O) groups is 2. The van der Waals surface area contributed by atoms with Crippen molar-refractivity contribution in [2.24, 2.45) is 0 Å². The Morgan fingerprint density at radius 3 is 2.95 bits per heavy atom. The molecule has 0 fully saturated rings. The van der Waals surface area contributed by atoms with Gasteiger partial charge in [0.1, 0.15) is 6.61 Å². The van der Waals surface area contributed by atoms with E-state index in [9.17, 15) is 9.59 Å².